The Kier molecular flexibility index (Phi) is 3.66. The van der Waals surface area contributed by atoms with Crippen molar-refractivity contribution in [3.8, 4) is 0 Å². The summed E-state index contributed by atoms with van der Waals surface area (Å²) in [5.41, 5.74) is 1.64. The summed E-state index contributed by atoms with van der Waals surface area (Å²) in [6.07, 6.45) is 5.36. The van der Waals surface area contributed by atoms with Crippen LogP contribution in [0.5, 0.6) is 0 Å². The molecule has 1 aliphatic rings. The second kappa shape index (κ2) is 5.23. The Morgan fingerprint density at radius 1 is 1.36 bits per heavy atom. The lowest BCUT2D eigenvalue weighted by atomic mass is 10.2. The van der Waals surface area contributed by atoms with E-state index in [1.54, 1.807) is 0 Å². The molecule has 2 rings (SSSR count). The van der Waals surface area contributed by atoms with Gasteiger partial charge in [0.1, 0.15) is 5.44 Å². The summed E-state index contributed by atoms with van der Waals surface area (Å²) in [7, 11) is 0. The Labute approximate surface area is 89.2 Å². The Balaban J connectivity index is 1.82. The lowest BCUT2D eigenvalue weighted by Crippen LogP contribution is -1.97. The molecule has 0 aromatic heterocycles. The summed E-state index contributed by atoms with van der Waals surface area (Å²) in [5.74, 6) is 1.14. The van der Waals surface area contributed by atoms with Gasteiger partial charge in [0.25, 0.3) is 0 Å². The summed E-state index contributed by atoms with van der Waals surface area (Å²) in [4.78, 5) is 0. The van der Waals surface area contributed by atoms with Crippen molar-refractivity contribution < 1.29 is 4.74 Å². The van der Waals surface area contributed by atoms with E-state index < -0.39 is 0 Å². The lowest BCUT2D eigenvalue weighted by molar-refractivity contribution is 0.145. The van der Waals surface area contributed by atoms with E-state index in [2.05, 4.69) is 36.4 Å². The minimum absolute atomic E-state index is 0.384. The van der Waals surface area contributed by atoms with E-state index in [0.29, 0.717) is 5.44 Å². The predicted molar refractivity (Wildman–Crippen MR) is 62.3 cm³/mol. The molecule has 1 fully saturated rings. The quantitative estimate of drug-likeness (QED) is 0.751. The van der Waals surface area contributed by atoms with E-state index in [1.807, 2.05) is 17.8 Å². The van der Waals surface area contributed by atoms with Gasteiger partial charge in [-0.05, 0) is 5.56 Å². The molecule has 14 heavy (non-hydrogen) atoms. The van der Waals surface area contributed by atoms with Gasteiger partial charge in [-0.3, -0.25) is 0 Å². The van der Waals surface area contributed by atoms with Crippen LogP contribution < -0.4 is 0 Å². The first-order valence-electron chi connectivity index (χ1n) is 4.90. The maximum absolute atomic E-state index is 5.50. The highest BCUT2D eigenvalue weighted by atomic mass is 32.2. The van der Waals surface area contributed by atoms with Gasteiger partial charge in [0.15, 0.2) is 0 Å². The molecule has 1 atom stereocenters. The highest BCUT2D eigenvalue weighted by Gasteiger charge is 2.13. The third-order valence-electron chi connectivity index (χ3n) is 2.13. The van der Waals surface area contributed by atoms with Crippen LogP contribution in [0.2, 0.25) is 0 Å². The second-order valence-corrected chi connectivity index (χ2v) is 4.49. The van der Waals surface area contributed by atoms with Gasteiger partial charge < -0.3 is 4.74 Å². The highest BCUT2D eigenvalue weighted by molar-refractivity contribution is 7.99. The summed E-state index contributed by atoms with van der Waals surface area (Å²) >= 11 is 1.90. The zero-order valence-corrected chi connectivity index (χ0v) is 8.87. The number of ether oxygens (including phenoxy) is 1. The molecule has 0 bridgehead atoms. The van der Waals surface area contributed by atoms with Crippen LogP contribution in [-0.2, 0) is 4.74 Å². The summed E-state index contributed by atoms with van der Waals surface area (Å²) in [6.45, 7) is 0.911. The van der Waals surface area contributed by atoms with E-state index in [1.165, 1.54) is 5.56 Å². The fourth-order valence-corrected chi connectivity index (χ4v) is 2.32. The normalized spacial score (nSPS) is 21.9. The number of rotatable bonds is 3. The van der Waals surface area contributed by atoms with Gasteiger partial charge in [-0.2, -0.15) is 0 Å². The zero-order valence-electron chi connectivity index (χ0n) is 8.06. The average Bonchev–Trinajstić information content (AvgIpc) is 2.72. The smallest absolute Gasteiger partial charge is 0.106 e. The minimum Gasteiger partial charge on any atom is -0.366 e. The minimum atomic E-state index is 0.384. The molecule has 1 saturated heterocycles. The lowest BCUT2D eigenvalue weighted by Gasteiger charge is -2.03. The largest absolute Gasteiger partial charge is 0.366 e. The Morgan fingerprint density at radius 2 is 2.21 bits per heavy atom. The van der Waals surface area contributed by atoms with Crippen molar-refractivity contribution >= 4 is 17.8 Å². The van der Waals surface area contributed by atoms with Crippen LogP contribution in [0.3, 0.4) is 0 Å². The molecule has 0 amide bonds. The molecule has 1 nitrogen and oxygen atoms in total. The van der Waals surface area contributed by atoms with Crippen LogP contribution in [-0.4, -0.2) is 17.8 Å². The molecule has 0 N–H and O–H groups in total. The molecular weight excluding hydrogens is 192 g/mol. The van der Waals surface area contributed by atoms with Crippen molar-refractivity contribution in [2.75, 3.05) is 12.4 Å². The van der Waals surface area contributed by atoms with Gasteiger partial charge in [0, 0.05) is 12.2 Å². The van der Waals surface area contributed by atoms with Gasteiger partial charge in [0.05, 0.1) is 6.61 Å². The SMILES string of the molecule is C(=C\c1ccccc1)/CC1OCCS1. The molecule has 1 heterocycles. The van der Waals surface area contributed by atoms with Crippen molar-refractivity contribution in [3.05, 3.63) is 42.0 Å². The third-order valence-corrected chi connectivity index (χ3v) is 3.23. The van der Waals surface area contributed by atoms with Gasteiger partial charge in [-0.25, -0.2) is 0 Å². The average molecular weight is 206 g/mol. The molecular formula is C12H14OS. The number of thioether (sulfide) groups is 1. The Bertz CT molecular complexity index is 288. The van der Waals surface area contributed by atoms with Crippen LogP contribution in [0.1, 0.15) is 12.0 Å². The molecule has 1 aromatic carbocycles. The van der Waals surface area contributed by atoms with Gasteiger partial charge in [0.2, 0.25) is 0 Å². The number of hydrogen-bond donors (Lipinski definition) is 0. The molecule has 0 radical (unpaired) electrons. The number of benzene rings is 1. The van der Waals surface area contributed by atoms with Crippen molar-refractivity contribution in [1.82, 2.24) is 0 Å². The van der Waals surface area contributed by atoms with Gasteiger partial charge >= 0.3 is 0 Å². The van der Waals surface area contributed by atoms with Crippen molar-refractivity contribution in [1.29, 1.82) is 0 Å². The van der Waals surface area contributed by atoms with E-state index in [0.717, 1.165) is 18.8 Å². The molecule has 74 valence electrons. The van der Waals surface area contributed by atoms with Crippen molar-refractivity contribution in [2.24, 2.45) is 0 Å². The zero-order chi connectivity index (χ0) is 9.64. The fraction of sp³-hybridized carbons (Fsp3) is 0.333. The van der Waals surface area contributed by atoms with Crippen LogP contribution in [0, 0.1) is 0 Å². The molecule has 0 aliphatic carbocycles. The first kappa shape index (κ1) is 9.81. The molecule has 0 saturated carbocycles. The summed E-state index contributed by atoms with van der Waals surface area (Å²) in [5, 5.41) is 0. The standard InChI is InChI=1S/C12H14OS/c1-2-5-11(6-3-1)7-4-8-12-13-9-10-14-12/h1-7,12H,8-10H2/b7-4+. The van der Waals surface area contributed by atoms with E-state index in [4.69, 9.17) is 4.74 Å². The molecule has 1 aliphatic heterocycles. The highest BCUT2D eigenvalue weighted by Crippen LogP contribution is 2.23. The maximum Gasteiger partial charge on any atom is 0.106 e. The van der Waals surface area contributed by atoms with E-state index >= 15 is 0 Å². The maximum atomic E-state index is 5.50. The third kappa shape index (κ3) is 2.89. The Morgan fingerprint density at radius 3 is 2.93 bits per heavy atom. The van der Waals surface area contributed by atoms with Crippen LogP contribution >= 0.6 is 11.8 Å². The predicted octanol–water partition coefficient (Wildman–Crippen LogP) is 3.18. The van der Waals surface area contributed by atoms with E-state index in [9.17, 15) is 0 Å². The van der Waals surface area contributed by atoms with Gasteiger partial charge in [-0.15, -0.1) is 11.8 Å². The fourth-order valence-electron chi connectivity index (χ4n) is 1.42. The number of hydrogen-bond acceptors (Lipinski definition) is 2. The first-order chi connectivity index (χ1) is 6.95. The van der Waals surface area contributed by atoms with E-state index in [-0.39, 0.29) is 0 Å². The molecule has 0 spiro atoms. The van der Waals surface area contributed by atoms with Crippen LogP contribution in [0.25, 0.3) is 6.08 Å². The van der Waals surface area contributed by atoms with Crippen LogP contribution in [0.4, 0.5) is 0 Å². The monoisotopic (exact) mass is 206 g/mol. The van der Waals surface area contributed by atoms with Crippen molar-refractivity contribution in [2.45, 2.75) is 11.9 Å². The topological polar surface area (TPSA) is 9.23 Å². The summed E-state index contributed by atoms with van der Waals surface area (Å²) < 4.78 is 5.50. The van der Waals surface area contributed by atoms with Crippen molar-refractivity contribution in [3.63, 3.8) is 0 Å². The van der Waals surface area contributed by atoms with Crippen LogP contribution in [0.15, 0.2) is 36.4 Å². The molecule has 1 unspecified atom stereocenters. The first-order valence-corrected chi connectivity index (χ1v) is 5.95. The van der Waals surface area contributed by atoms with Gasteiger partial charge in [-0.1, -0.05) is 42.5 Å². The second-order valence-electron chi connectivity index (χ2n) is 3.22. The summed E-state index contributed by atoms with van der Waals surface area (Å²) in [6, 6.07) is 10.4. The molecule has 1 aromatic rings. The Hall–Kier alpha value is -0.730. The molecule has 2 heteroatoms.